The molecule has 1 aromatic carbocycles. The zero-order valence-electron chi connectivity index (χ0n) is 21.9. The zero-order valence-corrected chi connectivity index (χ0v) is 21.9. The minimum Gasteiger partial charge on any atom is -0.365 e. The molecule has 0 radical (unpaired) electrons. The number of benzene rings is 1. The van der Waals surface area contributed by atoms with E-state index in [0.29, 0.717) is 24.0 Å². The number of hydrogen-bond acceptors (Lipinski definition) is 8. The van der Waals surface area contributed by atoms with Crippen LogP contribution in [-0.2, 0) is 18.3 Å². The molecule has 3 aromatic heterocycles. The Kier molecular flexibility index (Phi) is 7.18. The Morgan fingerprint density at radius 1 is 1.19 bits per heavy atom. The number of likely N-dealkylation sites (N-methyl/N-ethyl adjacent to an activating group) is 1. The molecule has 194 valence electrons. The summed E-state index contributed by atoms with van der Waals surface area (Å²) < 4.78 is 7.01. The van der Waals surface area contributed by atoms with Gasteiger partial charge in [0.05, 0.1) is 6.04 Å². The van der Waals surface area contributed by atoms with E-state index in [9.17, 15) is 4.79 Å². The molecule has 0 bridgehead atoms. The molecule has 0 unspecified atom stereocenters. The van der Waals surface area contributed by atoms with Crippen LogP contribution >= 0.6 is 0 Å². The normalized spacial score (nSPS) is 17.9. The largest absolute Gasteiger partial charge is 0.365 e. The van der Waals surface area contributed by atoms with Crippen LogP contribution in [-0.4, -0.2) is 61.4 Å². The van der Waals surface area contributed by atoms with Crippen molar-refractivity contribution in [1.82, 2.24) is 29.8 Å². The molecule has 0 aliphatic carbocycles. The van der Waals surface area contributed by atoms with Crippen LogP contribution in [0.3, 0.4) is 0 Å². The van der Waals surface area contributed by atoms with Gasteiger partial charge < -0.3 is 15.2 Å². The number of carbonyl (C=O) groups excluding carboxylic acids is 1. The smallest absolute Gasteiger partial charge is 0.243 e. The van der Waals surface area contributed by atoms with Crippen LogP contribution in [0.4, 0.5) is 11.6 Å². The third kappa shape index (κ3) is 5.48. The summed E-state index contributed by atoms with van der Waals surface area (Å²) in [5, 5.41) is 17.2. The van der Waals surface area contributed by atoms with Gasteiger partial charge in [0.1, 0.15) is 5.82 Å². The summed E-state index contributed by atoms with van der Waals surface area (Å²) in [6.07, 6.45) is 6.93. The number of aromatic nitrogens is 5. The molecule has 1 amide bonds. The number of likely N-dealkylation sites (tertiary alicyclic amines) is 1. The Morgan fingerprint density at radius 2 is 2.05 bits per heavy atom. The van der Waals surface area contributed by atoms with Crippen molar-refractivity contribution in [3.63, 3.8) is 0 Å². The Hall–Kier alpha value is -3.79. The van der Waals surface area contributed by atoms with E-state index in [1.54, 1.807) is 13.1 Å². The highest BCUT2D eigenvalue weighted by Gasteiger charge is 2.35. The first-order valence-corrected chi connectivity index (χ1v) is 12.9. The standard InChI is InChI=1S/C27H34N8O2/c1-5-6-7-8-21-15-24(32-35(21)4)31-27(36)23-14-20(16-34(23)3)30-26-22-13-19(25-29-17(2)37-33-25)10-9-18(22)11-12-28-26/h9-13,15,20,23H,5-8,14,16H2,1-4H3,(H,28,30)(H,31,32,36)/t20-,23-/m0/s1. The third-order valence-corrected chi connectivity index (χ3v) is 7.01. The lowest BCUT2D eigenvalue weighted by molar-refractivity contribution is -0.120. The number of hydrogen-bond donors (Lipinski definition) is 2. The van der Waals surface area contributed by atoms with Crippen LogP contribution in [0.15, 0.2) is 41.1 Å². The van der Waals surface area contributed by atoms with Crippen molar-refractivity contribution < 1.29 is 9.32 Å². The lowest BCUT2D eigenvalue weighted by Gasteiger charge is -2.17. The maximum absolute atomic E-state index is 13.2. The maximum atomic E-state index is 13.2. The highest BCUT2D eigenvalue weighted by atomic mass is 16.5. The van der Waals surface area contributed by atoms with Crippen molar-refractivity contribution in [1.29, 1.82) is 0 Å². The number of fused-ring (bicyclic) bond motifs is 1. The van der Waals surface area contributed by atoms with Gasteiger partial charge in [-0.1, -0.05) is 37.1 Å². The first kappa shape index (κ1) is 24.9. The molecule has 4 heterocycles. The van der Waals surface area contributed by atoms with Gasteiger partial charge in [0, 0.05) is 55.5 Å². The second-order valence-corrected chi connectivity index (χ2v) is 9.86. The van der Waals surface area contributed by atoms with Crippen LogP contribution in [0.25, 0.3) is 22.2 Å². The van der Waals surface area contributed by atoms with Gasteiger partial charge >= 0.3 is 0 Å². The molecule has 1 aliphatic rings. The molecular weight excluding hydrogens is 468 g/mol. The quantitative estimate of drug-likeness (QED) is 0.328. The van der Waals surface area contributed by atoms with Gasteiger partial charge in [-0.25, -0.2) is 4.98 Å². The van der Waals surface area contributed by atoms with Crippen LogP contribution in [0, 0.1) is 6.92 Å². The number of amides is 1. The number of nitrogens with zero attached hydrogens (tertiary/aromatic N) is 6. The Bertz CT molecular complexity index is 1390. The number of rotatable bonds is 9. The Labute approximate surface area is 216 Å². The predicted octanol–water partition coefficient (Wildman–Crippen LogP) is 4.18. The Morgan fingerprint density at radius 3 is 2.84 bits per heavy atom. The highest BCUT2D eigenvalue weighted by Crippen LogP contribution is 2.29. The van der Waals surface area contributed by atoms with E-state index >= 15 is 0 Å². The summed E-state index contributed by atoms with van der Waals surface area (Å²) in [7, 11) is 3.91. The monoisotopic (exact) mass is 502 g/mol. The van der Waals surface area contributed by atoms with Crippen molar-refractivity contribution in [2.75, 3.05) is 24.2 Å². The molecule has 1 fully saturated rings. The highest BCUT2D eigenvalue weighted by molar-refractivity contribution is 5.95. The minimum absolute atomic E-state index is 0.0364. The first-order chi connectivity index (χ1) is 17.9. The van der Waals surface area contributed by atoms with Crippen LogP contribution in [0.2, 0.25) is 0 Å². The van der Waals surface area contributed by atoms with Crippen molar-refractivity contribution >= 4 is 28.3 Å². The van der Waals surface area contributed by atoms with Gasteiger partial charge in [0.25, 0.3) is 0 Å². The van der Waals surface area contributed by atoms with Gasteiger partial charge in [0.2, 0.25) is 17.6 Å². The van der Waals surface area contributed by atoms with Crippen molar-refractivity contribution in [3.05, 3.63) is 48.1 Å². The van der Waals surface area contributed by atoms with E-state index in [2.05, 4.69) is 42.7 Å². The Balaban J connectivity index is 1.27. The molecule has 10 nitrogen and oxygen atoms in total. The second-order valence-electron chi connectivity index (χ2n) is 9.86. The molecule has 37 heavy (non-hydrogen) atoms. The number of pyridine rings is 1. The fraction of sp³-hybridized carbons (Fsp3) is 0.444. The van der Waals surface area contributed by atoms with E-state index in [-0.39, 0.29) is 18.0 Å². The molecule has 4 aromatic rings. The molecule has 0 saturated carbocycles. The number of anilines is 2. The van der Waals surface area contributed by atoms with Crippen LogP contribution in [0.5, 0.6) is 0 Å². The topological polar surface area (TPSA) is 114 Å². The van der Waals surface area contributed by atoms with Crippen molar-refractivity contribution in [2.24, 2.45) is 7.05 Å². The summed E-state index contributed by atoms with van der Waals surface area (Å²) in [4.78, 5) is 24.2. The minimum atomic E-state index is -0.254. The SMILES string of the molecule is CCCCCc1cc(NC(=O)[C@@H]2C[C@H](Nc3nccc4ccc(-c5noc(C)n5)cc34)CN2C)nn1C. The van der Waals surface area contributed by atoms with E-state index in [1.807, 2.05) is 49.1 Å². The van der Waals surface area contributed by atoms with E-state index in [0.717, 1.165) is 47.2 Å². The summed E-state index contributed by atoms with van der Waals surface area (Å²) >= 11 is 0. The predicted molar refractivity (Wildman–Crippen MR) is 143 cm³/mol. The maximum Gasteiger partial charge on any atom is 0.243 e. The molecule has 1 aliphatic heterocycles. The summed E-state index contributed by atoms with van der Waals surface area (Å²) in [5.74, 6) is 2.43. The lowest BCUT2D eigenvalue weighted by atomic mass is 10.1. The third-order valence-electron chi connectivity index (χ3n) is 7.01. The second kappa shape index (κ2) is 10.7. The number of nitrogens with one attached hydrogen (secondary N) is 2. The van der Waals surface area contributed by atoms with Gasteiger partial charge in [-0.2, -0.15) is 10.1 Å². The molecule has 5 rings (SSSR count). The molecule has 2 atom stereocenters. The first-order valence-electron chi connectivity index (χ1n) is 12.9. The number of carbonyl (C=O) groups is 1. The van der Waals surface area contributed by atoms with Crippen molar-refractivity contribution in [2.45, 2.75) is 58.0 Å². The van der Waals surface area contributed by atoms with Gasteiger partial charge in [0.15, 0.2) is 5.82 Å². The molecule has 10 heteroatoms. The summed E-state index contributed by atoms with van der Waals surface area (Å²) in [6.45, 7) is 4.69. The fourth-order valence-electron chi connectivity index (χ4n) is 5.01. The van der Waals surface area contributed by atoms with Gasteiger partial charge in [-0.3, -0.25) is 14.4 Å². The molecule has 0 spiro atoms. The van der Waals surface area contributed by atoms with Crippen LogP contribution < -0.4 is 10.6 Å². The van der Waals surface area contributed by atoms with Gasteiger partial charge in [-0.05, 0) is 43.8 Å². The fourth-order valence-corrected chi connectivity index (χ4v) is 5.01. The summed E-state index contributed by atoms with van der Waals surface area (Å²) in [6, 6.07) is 9.82. The average molecular weight is 503 g/mol. The lowest BCUT2D eigenvalue weighted by Crippen LogP contribution is -2.37. The molecule has 1 saturated heterocycles. The molecular formula is C27H34N8O2. The van der Waals surface area contributed by atoms with Crippen LogP contribution in [0.1, 0.15) is 44.2 Å². The van der Waals surface area contributed by atoms with E-state index in [1.165, 1.54) is 12.8 Å². The zero-order chi connectivity index (χ0) is 25.9. The van der Waals surface area contributed by atoms with E-state index in [4.69, 9.17) is 4.52 Å². The van der Waals surface area contributed by atoms with Crippen molar-refractivity contribution in [3.8, 4) is 11.4 Å². The molecule has 2 N–H and O–H groups in total. The number of unbranched alkanes of at least 4 members (excludes halogenated alkanes) is 2. The van der Waals surface area contributed by atoms with E-state index < -0.39 is 0 Å². The number of aryl methyl sites for hydroxylation is 3. The average Bonchev–Trinajstić information content (AvgIpc) is 3.57. The summed E-state index contributed by atoms with van der Waals surface area (Å²) in [5.41, 5.74) is 2.01. The van der Waals surface area contributed by atoms with Gasteiger partial charge in [-0.15, -0.1) is 0 Å².